The Hall–Kier alpha value is -0.627. The summed E-state index contributed by atoms with van der Waals surface area (Å²) in [4.78, 5) is 4.75. The summed E-state index contributed by atoms with van der Waals surface area (Å²) in [5, 5.41) is 11.0. The Kier molecular flexibility index (Phi) is 10.4. The van der Waals surface area contributed by atoms with Gasteiger partial charge in [0.15, 0.2) is 0 Å². The van der Waals surface area contributed by atoms with Crippen molar-refractivity contribution < 1.29 is 26.0 Å². The normalized spacial score (nSPS) is 15.1. The molecule has 0 saturated heterocycles. The van der Waals surface area contributed by atoms with Crippen LogP contribution >= 0.6 is 17.0 Å². The second-order valence-electron chi connectivity index (χ2n) is 8.61. The molecule has 0 bridgehead atoms. The molecule has 156 valence electrons. The second kappa shape index (κ2) is 12.3. The minimum absolute atomic E-state index is 0.106. The topological polar surface area (TPSA) is 32.6 Å². The van der Waals surface area contributed by atoms with Crippen LogP contribution in [-0.2, 0) is 26.3 Å². The van der Waals surface area contributed by atoms with E-state index in [-0.39, 0.29) is 5.41 Å². The van der Waals surface area contributed by atoms with Crippen molar-refractivity contribution in [2.24, 2.45) is 10.9 Å². The van der Waals surface area contributed by atoms with Crippen molar-refractivity contribution in [2.75, 3.05) is 6.54 Å². The van der Waals surface area contributed by atoms with Gasteiger partial charge in [0.1, 0.15) is 5.75 Å². The molecule has 0 aliphatic heterocycles. The van der Waals surface area contributed by atoms with Gasteiger partial charge in [0.25, 0.3) is 0 Å². The summed E-state index contributed by atoms with van der Waals surface area (Å²) in [5.74, 6) is 1.07. The number of phenolic OH excluding ortho intramolecular Hbond substituents is 1. The van der Waals surface area contributed by atoms with Crippen LogP contribution in [0.5, 0.6) is 5.75 Å². The molecule has 1 N–H and O–H groups in total. The fourth-order valence-corrected chi connectivity index (χ4v) is 3.88. The molecule has 0 unspecified atom stereocenters. The van der Waals surface area contributed by atoms with Crippen molar-refractivity contribution in [1.82, 2.24) is 0 Å². The van der Waals surface area contributed by atoms with Crippen LogP contribution in [0.25, 0.3) is 11.1 Å². The molecule has 0 spiro atoms. The molecule has 0 atom stereocenters. The number of aromatic hydroxyl groups is 1. The van der Waals surface area contributed by atoms with Crippen LogP contribution < -0.4 is 0 Å². The summed E-state index contributed by atoms with van der Waals surface area (Å²) in [6, 6.07) is 14.4. The van der Waals surface area contributed by atoms with Gasteiger partial charge in [-0.3, -0.25) is 4.99 Å². The van der Waals surface area contributed by atoms with Crippen molar-refractivity contribution >= 4 is 23.2 Å². The molecule has 0 radical (unpaired) electrons. The number of benzene rings is 2. The van der Waals surface area contributed by atoms with Crippen LogP contribution in [0.3, 0.4) is 0 Å². The molecule has 5 heteroatoms. The van der Waals surface area contributed by atoms with Gasteiger partial charge < -0.3 is 5.11 Å². The number of nitrogens with zero attached hydrogens (tertiary/aromatic N) is 1. The Balaban J connectivity index is 0.000000941. The molecular weight excluding hydrogens is 480 g/mol. The van der Waals surface area contributed by atoms with Gasteiger partial charge >= 0.3 is 37.9 Å². The number of halogens is 2. The van der Waals surface area contributed by atoms with E-state index >= 15 is 0 Å². The Morgan fingerprint density at radius 3 is 2.24 bits per heavy atom. The molecule has 1 aliphatic carbocycles. The van der Waals surface area contributed by atoms with Crippen molar-refractivity contribution in [3.8, 4) is 16.9 Å². The van der Waals surface area contributed by atoms with Crippen LogP contribution in [0, 0.1) is 5.92 Å². The van der Waals surface area contributed by atoms with Gasteiger partial charge in [-0.05, 0) is 40.9 Å². The van der Waals surface area contributed by atoms with Crippen LogP contribution in [0.2, 0.25) is 0 Å². The third kappa shape index (κ3) is 7.53. The Morgan fingerprint density at radius 2 is 1.66 bits per heavy atom. The molecule has 0 aromatic heterocycles. The zero-order valence-electron chi connectivity index (χ0n) is 17.6. The van der Waals surface area contributed by atoms with Gasteiger partial charge in [-0.25, -0.2) is 0 Å². The number of hydrogen-bond donors (Lipinski definition) is 1. The van der Waals surface area contributed by atoms with E-state index in [0.29, 0.717) is 11.7 Å². The average molecular weight is 512 g/mol. The molecule has 2 aromatic carbocycles. The van der Waals surface area contributed by atoms with Crippen LogP contribution in [0.4, 0.5) is 0 Å². The molecule has 3 rings (SSSR count). The fourth-order valence-electron chi connectivity index (χ4n) is 3.88. The van der Waals surface area contributed by atoms with Crippen molar-refractivity contribution in [3.63, 3.8) is 0 Å². The maximum absolute atomic E-state index is 11.0. The maximum atomic E-state index is 11.0. The van der Waals surface area contributed by atoms with E-state index in [4.69, 9.17) is 22.0 Å². The summed E-state index contributed by atoms with van der Waals surface area (Å²) >= 11 is -0.826. The quantitative estimate of drug-likeness (QED) is 0.419. The van der Waals surface area contributed by atoms with Gasteiger partial charge in [-0.15, -0.1) is 0 Å². The van der Waals surface area contributed by atoms with Crippen molar-refractivity contribution in [1.29, 1.82) is 0 Å². The molecule has 1 aliphatic rings. The molecule has 1 fully saturated rings. The SMILES string of the molecule is CC(C)(C)c1ccc(-c2ccccc2)c(C=NCC2CCCCC2)c1O.[Cl][Zr][Cl]. The standard InChI is InChI=1S/C24H31NO.2ClH.Zr/c1-24(2,3)22-15-14-20(19-12-8-5-9-13-19)21(23(22)26)17-25-16-18-10-6-4-7-11-18;;;/h5,8-9,12-15,17-18,26H,4,6-7,10-11,16H2,1-3H3;2*1H;/q;;;+2/p-2. The molecule has 29 heavy (non-hydrogen) atoms. The first-order valence-corrected chi connectivity index (χ1v) is 16.6. The molecular formula is C24H31Cl2NOZr. The van der Waals surface area contributed by atoms with Gasteiger partial charge in [0.05, 0.1) is 0 Å². The first-order chi connectivity index (χ1) is 13.9. The van der Waals surface area contributed by atoms with Crippen LogP contribution in [0.15, 0.2) is 47.5 Å². The molecule has 0 heterocycles. The minimum atomic E-state index is -0.826. The van der Waals surface area contributed by atoms with E-state index in [1.807, 2.05) is 24.4 Å². The van der Waals surface area contributed by atoms with E-state index in [0.717, 1.165) is 28.8 Å². The Labute approximate surface area is 194 Å². The van der Waals surface area contributed by atoms with E-state index in [2.05, 4.69) is 45.0 Å². The zero-order valence-corrected chi connectivity index (χ0v) is 21.6. The van der Waals surface area contributed by atoms with Crippen LogP contribution in [-0.4, -0.2) is 17.9 Å². The second-order valence-corrected chi connectivity index (χ2v) is 12.3. The molecule has 2 aromatic rings. The molecule has 1 saturated carbocycles. The fraction of sp³-hybridized carbons (Fsp3) is 0.458. The zero-order chi connectivity index (χ0) is 21.3. The number of rotatable bonds is 4. The van der Waals surface area contributed by atoms with Crippen molar-refractivity contribution in [2.45, 2.75) is 58.3 Å². The van der Waals surface area contributed by atoms with Gasteiger partial charge in [0.2, 0.25) is 0 Å². The van der Waals surface area contributed by atoms with E-state index in [1.54, 1.807) is 0 Å². The Bertz CT molecular complexity index is 781. The summed E-state index contributed by atoms with van der Waals surface area (Å²) in [6.07, 6.45) is 8.52. The third-order valence-electron chi connectivity index (χ3n) is 5.42. The van der Waals surface area contributed by atoms with Gasteiger partial charge in [-0.1, -0.05) is 82.5 Å². The van der Waals surface area contributed by atoms with Crippen LogP contribution in [0.1, 0.15) is 64.0 Å². The number of hydrogen-bond acceptors (Lipinski definition) is 2. The first kappa shape index (κ1) is 24.6. The number of phenols is 1. The average Bonchev–Trinajstić information content (AvgIpc) is 2.70. The first-order valence-electron chi connectivity index (χ1n) is 10.3. The predicted octanol–water partition coefficient (Wildman–Crippen LogP) is 7.73. The monoisotopic (exact) mass is 509 g/mol. The van der Waals surface area contributed by atoms with E-state index in [9.17, 15) is 5.11 Å². The van der Waals surface area contributed by atoms with E-state index in [1.165, 1.54) is 32.1 Å². The number of aliphatic imine (C=N–C) groups is 1. The summed E-state index contributed by atoms with van der Waals surface area (Å²) in [7, 11) is 9.87. The van der Waals surface area contributed by atoms with Crippen molar-refractivity contribution in [3.05, 3.63) is 53.6 Å². The van der Waals surface area contributed by atoms with Gasteiger partial charge in [0, 0.05) is 18.3 Å². The molecule has 2 nitrogen and oxygen atoms in total. The predicted molar refractivity (Wildman–Crippen MR) is 123 cm³/mol. The Morgan fingerprint density at radius 1 is 1.03 bits per heavy atom. The third-order valence-corrected chi connectivity index (χ3v) is 5.42. The van der Waals surface area contributed by atoms with E-state index < -0.39 is 20.8 Å². The summed E-state index contributed by atoms with van der Waals surface area (Å²) in [6.45, 7) is 7.26. The molecule has 0 amide bonds. The van der Waals surface area contributed by atoms with Gasteiger partial charge in [-0.2, -0.15) is 0 Å². The summed E-state index contributed by atoms with van der Waals surface area (Å²) in [5.41, 5.74) is 3.87. The summed E-state index contributed by atoms with van der Waals surface area (Å²) < 4.78 is 0.